The molecule has 2 amide bonds. The summed E-state index contributed by atoms with van der Waals surface area (Å²) in [5.74, 6) is 0.582. The molecule has 7 nitrogen and oxygen atoms in total. The highest BCUT2D eigenvalue weighted by Crippen LogP contribution is 2.19. The van der Waals surface area contributed by atoms with E-state index < -0.39 is 5.91 Å². The van der Waals surface area contributed by atoms with Crippen molar-refractivity contribution in [1.82, 2.24) is 5.32 Å². The molecule has 0 saturated carbocycles. The van der Waals surface area contributed by atoms with Gasteiger partial charge in [0.15, 0.2) is 5.11 Å². The molecule has 0 spiro atoms. The predicted molar refractivity (Wildman–Crippen MR) is 148 cm³/mol. The molecule has 0 unspecified atom stereocenters. The second-order valence-electron chi connectivity index (χ2n) is 7.81. The molecule has 186 valence electrons. The van der Waals surface area contributed by atoms with Crippen molar-refractivity contribution in [3.05, 3.63) is 120 Å². The van der Waals surface area contributed by atoms with E-state index in [0.29, 0.717) is 34.9 Å². The maximum absolute atomic E-state index is 12.8. The standard InChI is InChI=1S/C29H25N3O4S/c33-27(21-9-3-1-4-10-21)30-22-15-17-23(18-16-22)31-29(37)32-28(34)25-13-7-8-14-26(25)36-20-19-35-24-11-5-2-6-12-24/h1-18H,19-20H2,(H,30,33)(H2,31,32,34,37). The number of carbonyl (C=O) groups is 2. The topological polar surface area (TPSA) is 88.7 Å². The van der Waals surface area contributed by atoms with Crippen molar-refractivity contribution in [2.45, 2.75) is 0 Å². The smallest absolute Gasteiger partial charge is 0.261 e. The van der Waals surface area contributed by atoms with Gasteiger partial charge in [0.05, 0.1) is 5.56 Å². The number of thiocarbonyl (C=S) groups is 1. The second-order valence-corrected chi connectivity index (χ2v) is 8.22. The van der Waals surface area contributed by atoms with E-state index >= 15 is 0 Å². The van der Waals surface area contributed by atoms with Crippen LogP contribution in [0.4, 0.5) is 11.4 Å². The van der Waals surface area contributed by atoms with Crippen molar-refractivity contribution >= 4 is 40.5 Å². The highest BCUT2D eigenvalue weighted by Gasteiger charge is 2.14. The zero-order valence-corrected chi connectivity index (χ0v) is 20.7. The Morgan fingerprint density at radius 3 is 1.89 bits per heavy atom. The Bertz CT molecular complexity index is 1350. The lowest BCUT2D eigenvalue weighted by molar-refractivity contribution is 0.0971. The van der Waals surface area contributed by atoms with Gasteiger partial charge in [-0.3, -0.25) is 14.9 Å². The summed E-state index contributed by atoms with van der Waals surface area (Å²) in [4.78, 5) is 25.1. The van der Waals surface area contributed by atoms with Gasteiger partial charge < -0.3 is 20.1 Å². The minimum absolute atomic E-state index is 0.133. The number of carbonyl (C=O) groups excluding carboxylic acids is 2. The maximum atomic E-state index is 12.8. The van der Waals surface area contributed by atoms with E-state index in [9.17, 15) is 9.59 Å². The molecule has 4 aromatic rings. The third-order valence-corrected chi connectivity index (χ3v) is 5.35. The van der Waals surface area contributed by atoms with Crippen LogP contribution in [0.25, 0.3) is 0 Å². The van der Waals surface area contributed by atoms with E-state index in [2.05, 4.69) is 16.0 Å². The molecule has 3 N–H and O–H groups in total. The first-order chi connectivity index (χ1) is 18.1. The quantitative estimate of drug-likeness (QED) is 0.202. The Kier molecular flexibility index (Phi) is 8.82. The Balaban J connectivity index is 1.27. The number of amides is 2. The molecule has 4 rings (SSSR count). The van der Waals surface area contributed by atoms with Crippen molar-refractivity contribution in [1.29, 1.82) is 0 Å². The van der Waals surface area contributed by atoms with Crippen molar-refractivity contribution in [2.24, 2.45) is 0 Å². The van der Waals surface area contributed by atoms with Gasteiger partial charge >= 0.3 is 0 Å². The van der Waals surface area contributed by atoms with Gasteiger partial charge in [-0.15, -0.1) is 0 Å². The summed E-state index contributed by atoms with van der Waals surface area (Å²) in [6.07, 6.45) is 0. The van der Waals surface area contributed by atoms with E-state index in [4.69, 9.17) is 21.7 Å². The van der Waals surface area contributed by atoms with Crippen LogP contribution in [0.15, 0.2) is 109 Å². The number of hydrogen-bond donors (Lipinski definition) is 3. The van der Waals surface area contributed by atoms with Crippen LogP contribution < -0.4 is 25.4 Å². The summed E-state index contributed by atoms with van der Waals surface area (Å²) < 4.78 is 11.4. The summed E-state index contributed by atoms with van der Waals surface area (Å²) in [6, 6.07) is 32.3. The number of hydrogen-bond acceptors (Lipinski definition) is 5. The van der Waals surface area contributed by atoms with E-state index in [0.717, 1.165) is 5.75 Å². The molecule has 8 heteroatoms. The first-order valence-electron chi connectivity index (χ1n) is 11.6. The van der Waals surface area contributed by atoms with Gasteiger partial charge in [0.2, 0.25) is 0 Å². The van der Waals surface area contributed by atoms with E-state index in [1.54, 1.807) is 60.7 Å². The summed E-state index contributed by atoms with van der Waals surface area (Å²) in [5, 5.41) is 8.61. The molecular formula is C29H25N3O4S. The van der Waals surface area contributed by atoms with E-state index in [1.807, 2.05) is 48.5 Å². The first kappa shape index (κ1) is 25.4. The molecule has 0 bridgehead atoms. The van der Waals surface area contributed by atoms with Crippen LogP contribution in [-0.4, -0.2) is 30.1 Å². The zero-order chi connectivity index (χ0) is 25.9. The number of para-hydroxylation sites is 2. The van der Waals surface area contributed by atoms with Gasteiger partial charge in [-0.05, 0) is 72.9 Å². The van der Waals surface area contributed by atoms with Crippen LogP contribution in [0.2, 0.25) is 0 Å². The van der Waals surface area contributed by atoms with Crippen molar-refractivity contribution in [3.8, 4) is 11.5 Å². The average Bonchev–Trinajstić information content (AvgIpc) is 2.93. The fourth-order valence-corrected chi connectivity index (χ4v) is 3.58. The Labute approximate surface area is 220 Å². The third-order valence-electron chi connectivity index (χ3n) is 5.15. The molecule has 0 saturated heterocycles. The van der Waals surface area contributed by atoms with Crippen molar-refractivity contribution < 1.29 is 19.1 Å². The molecular weight excluding hydrogens is 486 g/mol. The van der Waals surface area contributed by atoms with E-state index in [1.165, 1.54) is 0 Å². The van der Waals surface area contributed by atoms with Gasteiger partial charge in [-0.1, -0.05) is 48.5 Å². The van der Waals surface area contributed by atoms with Gasteiger partial charge in [0.25, 0.3) is 11.8 Å². The molecule has 0 aliphatic rings. The zero-order valence-electron chi connectivity index (χ0n) is 19.8. The Hall–Kier alpha value is -4.69. The highest BCUT2D eigenvalue weighted by atomic mass is 32.1. The molecule has 0 atom stereocenters. The van der Waals surface area contributed by atoms with Gasteiger partial charge in [0.1, 0.15) is 24.7 Å². The van der Waals surface area contributed by atoms with Crippen molar-refractivity contribution in [2.75, 3.05) is 23.8 Å². The number of benzene rings is 4. The largest absolute Gasteiger partial charge is 0.490 e. The molecule has 4 aromatic carbocycles. The van der Waals surface area contributed by atoms with Gasteiger partial charge in [-0.2, -0.15) is 0 Å². The summed E-state index contributed by atoms with van der Waals surface area (Å²) in [6.45, 7) is 0.608. The maximum Gasteiger partial charge on any atom is 0.261 e. The summed E-state index contributed by atoms with van der Waals surface area (Å²) >= 11 is 5.31. The lowest BCUT2D eigenvalue weighted by Crippen LogP contribution is -2.34. The second kappa shape index (κ2) is 12.9. The van der Waals surface area contributed by atoms with E-state index in [-0.39, 0.29) is 17.6 Å². The molecule has 0 aromatic heterocycles. The molecule has 0 aliphatic heterocycles. The fraction of sp³-hybridized carbons (Fsp3) is 0.0690. The van der Waals surface area contributed by atoms with Crippen LogP contribution in [0, 0.1) is 0 Å². The van der Waals surface area contributed by atoms with Crippen LogP contribution >= 0.6 is 12.2 Å². The molecule has 0 radical (unpaired) electrons. The Morgan fingerprint density at radius 2 is 1.19 bits per heavy atom. The molecule has 37 heavy (non-hydrogen) atoms. The number of rotatable bonds is 9. The SMILES string of the molecule is O=C(Nc1ccc(NC(=S)NC(=O)c2ccccc2OCCOc2ccccc2)cc1)c1ccccc1. The molecule has 0 heterocycles. The molecule has 0 fully saturated rings. The van der Waals surface area contributed by atoms with Gasteiger partial charge in [-0.25, -0.2) is 0 Å². The van der Waals surface area contributed by atoms with Crippen LogP contribution in [0.1, 0.15) is 20.7 Å². The van der Waals surface area contributed by atoms with Crippen LogP contribution in [-0.2, 0) is 0 Å². The minimum atomic E-state index is -0.399. The van der Waals surface area contributed by atoms with Gasteiger partial charge in [0, 0.05) is 16.9 Å². The average molecular weight is 512 g/mol. The summed E-state index contributed by atoms with van der Waals surface area (Å²) in [7, 11) is 0. The lowest BCUT2D eigenvalue weighted by Gasteiger charge is -2.14. The normalized spacial score (nSPS) is 10.2. The lowest BCUT2D eigenvalue weighted by atomic mass is 10.2. The highest BCUT2D eigenvalue weighted by molar-refractivity contribution is 7.80. The molecule has 0 aliphatic carbocycles. The monoisotopic (exact) mass is 511 g/mol. The Morgan fingerprint density at radius 1 is 0.622 bits per heavy atom. The summed E-state index contributed by atoms with van der Waals surface area (Å²) in [5.41, 5.74) is 2.22. The van der Waals surface area contributed by atoms with Crippen LogP contribution in [0.5, 0.6) is 11.5 Å². The number of anilines is 2. The number of ether oxygens (including phenoxy) is 2. The number of nitrogens with one attached hydrogen (secondary N) is 3. The third kappa shape index (κ3) is 7.65. The fourth-order valence-electron chi connectivity index (χ4n) is 3.37. The predicted octanol–water partition coefficient (Wildman–Crippen LogP) is 5.52. The minimum Gasteiger partial charge on any atom is -0.490 e. The van der Waals surface area contributed by atoms with Crippen LogP contribution in [0.3, 0.4) is 0 Å². The van der Waals surface area contributed by atoms with Crippen molar-refractivity contribution in [3.63, 3.8) is 0 Å². The first-order valence-corrected chi connectivity index (χ1v) is 12.0.